The molecule has 3 aromatic rings. The van der Waals surface area contributed by atoms with Gasteiger partial charge in [0.05, 0.1) is 6.04 Å². The van der Waals surface area contributed by atoms with Crippen molar-refractivity contribution in [3.8, 4) is 0 Å². The Morgan fingerprint density at radius 3 is 2.74 bits per heavy atom. The fraction of sp³-hybridized carbons (Fsp3) is 0.462. The molecule has 2 atom stereocenters. The van der Waals surface area contributed by atoms with Crippen LogP contribution in [0.2, 0.25) is 0 Å². The first-order valence-corrected chi connectivity index (χ1v) is 11.6. The van der Waals surface area contributed by atoms with Crippen molar-refractivity contribution in [2.24, 2.45) is 5.92 Å². The molecule has 2 N–H and O–H groups in total. The van der Waals surface area contributed by atoms with Crippen molar-refractivity contribution in [3.05, 3.63) is 65.6 Å². The lowest BCUT2D eigenvalue weighted by atomic mass is 9.92. The summed E-state index contributed by atoms with van der Waals surface area (Å²) in [4.78, 5) is 17.3. The Morgan fingerprint density at radius 1 is 1.23 bits per heavy atom. The third-order valence-electron chi connectivity index (χ3n) is 6.80. The van der Waals surface area contributed by atoms with Crippen LogP contribution in [0.3, 0.4) is 0 Å². The average Bonchev–Trinajstić information content (AvgIpc) is 2.98. The Balaban J connectivity index is 1.53. The number of carbonyl (C=O) groups is 1. The molecular formula is C26H32N4O. The number of rotatable bonds is 6. The van der Waals surface area contributed by atoms with Gasteiger partial charge in [-0.05, 0) is 72.9 Å². The van der Waals surface area contributed by atoms with Crippen LogP contribution in [0.5, 0.6) is 0 Å². The summed E-state index contributed by atoms with van der Waals surface area (Å²) in [6.45, 7) is 5.32. The quantitative estimate of drug-likeness (QED) is 0.628. The maximum absolute atomic E-state index is 13.2. The van der Waals surface area contributed by atoms with E-state index in [2.05, 4.69) is 70.6 Å². The predicted molar refractivity (Wildman–Crippen MR) is 124 cm³/mol. The highest BCUT2D eigenvalue weighted by Crippen LogP contribution is 2.36. The lowest BCUT2D eigenvalue weighted by molar-refractivity contribution is -0.124. The van der Waals surface area contributed by atoms with Gasteiger partial charge in [-0.3, -0.25) is 15.1 Å². The first-order valence-electron chi connectivity index (χ1n) is 11.6. The highest BCUT2D eigenvalue weighted by Gasteiger charge is 2.32. The van der Waals surface area contributed by atoms with Crippen LogP contribution in [0.1, 0.15) is 62.3 Å². The van der Waals surface area contributed by atoms with E-state index < -0.39 is 0 Å². The van der Waals surface area contributed by atoms with Gasteiger partial charge in [0.25, 0.3) is 0 Å². The molecule has 0 radical (unpaired) electrons. The second kappa shape index (κ2) is 8.46. The number of nitrogens with zero attached hydrogens (tertiary/aromatic N) is 2. The molecule has 1 fully saturated rings. The Hall–Kier alpha value is -2.66. The molecule has 5 nitrogen and oxygen atoms in total. The molecule has 2 unspecified atom stereocenters. The highest BCUT2D eigenvalue weighted by atomic mass is 16.2. The Bertz CT molecular complexity index is 1070. The standard InChI is InChI=1S/C26H32N4O/c1-17(2)13-22-21-7-4-8-24-25(21)19(16-30(24)15-18-9-11-27-12-10-18)14-23(29-22)26(31)28-20-5-3-6-20/h4,7-12,16-17,20,22-23,29H,3,5-6,13-15H2,1-2H3,(H,28,31). The second-order valence-electron chi connectivity index (χ2n) is 9.62. The lowest BCUT2D eigenvalue weighted by Crippen LogP contribution is -2.51. The van der Waals surface area contributed by atoms with Gasteiger partial charge in [0.2, 0.25) is 5.91 Å². The summed E-state index contributed by atoms with van der Waals surface area (Å²) in [5.74, 6) is 0.699. The molecule has 162 valence electrons. The van der Waals surface area contributed by atoms with Gasteiger partial charge >= 0.3 is 0 Å². The van der Waals surface area contributed by atoms with Crippen LogP contribution in [0.15, 0.2) is 48.9 Å². The van der Waals surface area contributed by atoms with Crippen molar-refractivity contribution in [3.63, 3.8) is 0 Å². The number of hydrogen-bond donors (Lipinski definition) is 2. The summed E-state index contributed by atoms with van der Waals surface area (Å²) in [6.07, 6.45) is 11.1. The van der Waals surface area contributed by atoms with Crippen molar-refractivity contribution in [1.82, 2.24) is 20.2 Å². The van der Waals surface area contributed by atoms with Gasteiger partial charge in [0, 0.05) is 48.1 Å². The molecule has 1 amide bonds. The van der Waals surface area contributed by atoms with Crippen LogP contribution in [0, 0.1) is 5.92 Å². The molecule has 3 heterocycles. The minimum Gasteiger partial charge on any atom is -0.352 e. The van der Waals surface area contributed by atoms with Gasteiger partial charge in [-0.2, -0.15) is 0 Å². The summed E-state index contributed by atoms with van der Waals surface area (Å²) in [6, 6.07) is 11.1. The summed E-state index contributed by atoms with van der Waals surface area (Å²) in [5, 5.41) is 8.34. The van der Waals surface area contributed by atoms with E-state index in [1.807, 2.05) is 12.4 Å². The molecule has 2 aliphatic rings. The van der Waals surface area contributed by atoms with Gasteiger partial charge in [-0.15, -0.1) is 0 Å². The van der Waals surface area contributed by atoms with Crippen LogP contribution >= 0.6 is 0 Å². The van der Waals surface area contributed by atoms with Gasteiger partial charge < -0.3 is 9.88 Å². The van der Waals surface area contributed by atoms with E-state index in [1.54, 1.807) is 0 Å². The van der Waals surface area contributed by atoms with Gasteiger partial charge in [-0.1, -0.05) is 26.0 Å². The number of hydrogen-bond acceptors (Lipinski definition) is 3. The number of benzene rings is 1. The van der Waals surface area contributed by atoms with Gasteiger partial charge in [0.1, 0.15) is 0 Å². The van der Waals surface area contributed by atoms with E-state index in [-0.39, 0.29) is 18.0 Å². The topological polar surface area (TPSA) is 59.0 Å². The molecule has 0 saturated heterocycles. The van der Waals surface area contributed by atoms with E-state index in [9.17, 15) is 4.79 Å². The molecule has 1 aliphatic carbocycles. The minimum atomic E-state index is -0.197. The van der Waals surface area contributed by atoms with Crippen molar-refractivity contribution >= 4 is 16.8 Å². The van der Waals surface area contributed by atoms with Crippen LogP contribution in [0.4, 0.5) is 0 Å². The third-order valence-corrected chi connectivity index (χ3v) is 6.80. The lowest BCUT2D eigenvalue weighted by Gasteiger charge is -2.30. The molecule has 31 heavy (non-hydrogen) atoms. The number of nitrogens with one attached hydrogen (secondary N) is 2. The van der Waals surface area contributed by atoms with Crippen LogP contribution in [0.25, 0.3) is 10.9 Å². The molecule has 0 spiro atoms. The van der Waals surface area contributed by atoms with Crippen molar-refractivity contribution < 1.29 is 4.79 Å². The third kappa shape index (κ3) is 4.11. The van der Waals surface area contributed by atoms with Crippen molar-refractivity contribution in [2.45, 2.75) is 70.6 Å². The highest BCUT2D eigenvalue weighted by molar-refractivity contribution is 5.90. The smallest absolute Gasteiger partial charge is 0.237 e. The number of aromatic nitrogens is 2. The Morgan fingerprint density at radius 2 is 2.03 bits per heavy atom. The molecule has 0 bridgehead atoms. The molecular weight excluding hydrogens is 384 g/mol. The fourth-order valence-corrected chi connectivity index (χ4v) is 5.03. The first kappa shape index (κ1) is 20.3. The number of carbonyl (C=O) groups excluding carboxylic acids is 1. The minimum absolute atomic E-state index is 0.154. The number of amides is 1. The molecule has 5 rings (SSSR count). The molecule has 1 aromatic carbocycles. The SMILES string of the molecule is CC(C)CC1NC(C(=O)NC2CCC2)Cc2cn(Cc3ccncc3)c3cccc1c23. The first-order chi connectivity index (χ1) is 15.1. The normalized spacial score (nSPS) is 21.1. The summed E-state index contributed by atoms with van der Waals surface area (Å²) in [7, 11) is 0. The molecule has 2 aromatic heterocycles. The zero-order chi connectivity index (χ0) is 21.4. The van der Waals surface area contributed by atoms with E-state index in [0.717, 1.165) is 32.2 Å². The van der Waals surface area contributed by atoms with Gasteiger partial charge in [-0.25, -0.2) is 0 Å². The van der Waals surface area contributed by atoms with E-state index in [4.69, 9.17) is 0 Å². The summed E-state index contributed by atoms with van der Waals surface area (Å²) >= 11 is 0. The predicted octanol–water partition coefficient (Wildman–Crippen LogP) is 4.35. The van der Waals surface area contributed by atoms with E-state index in [1.165, 1.54) is 34.0 Å². The average molecular weight is 417 g/mol. The molecule has 5 heteroatoms. The van der Waals surface area contributed by atoms with Crippen molar-refractivity contribution in [1.29, 1.82) is 0 Å². The zero-order valence-electron chi connectivity index (χ0n) is 18.5. The van der Waals surface area contributed by atoms with Crippen LogP contribution in [-0.4, -0.2) is 27.5 Å². The Labute approximate surface area is 184 Å². The van der Waals surface area contributed by atoms with Gasteiger partial charge in [0.15, 0.2) is 0 Å². The maximum Gasteiger partial charge on any atom is 0.237 e. The van der Waals surface area contributed by atoms with Crippen LogP contribution < -0.4 is 10.6 Å². The largest absolute Gasteiger partial charge is 0.352 e. The Kier molecular flexibility index (Phi) is 5.53. The molecule has 1 aliphatic heterocycles. The maximum atomic E-state index is 13.2. The summed E-state index contributed by atoms with van der Waals surface area (Å²) < 4.78 is 2.34. The van der Waals surface area contributed by atoms with E-state index in [0.29, 0.717) is 12.0 Å². The fourth-order valence-electron chi connectivity index (χ4n) is 5.03. The van der Waals surface area contributed by atoms with Crippen LogP contribution in [-0.2, 0) is 17.8 Å². The van der Waals surface area contributed by atoms with E-state index >= 15 is 0 Å². The number of pyridine rings is 1. The second-order valence-corrected chi connectivity index (χ2v) is 9.62. The zero-order valence-corrected chi connectivity index (χ0v) is 18.5. The summed E-state index contributed by atoms with van der Waals surface area (Å²) in [5.41, 5.74) is 5.08. The monoisotopic (exact) mass is 416 g/mol. The molecule has 1 saturated carbocycles. The van der Waals surface area contributed by atoms with Crippen molar-refractivity contribution in [2.75, 3.05) is 0 Å².